The second kappa shape index (κ2) is 5.46. The van der Waals surface area contributed by atoms with Gasteiger partial charge in [0.25, 0.3) is 0 Å². The van der Waals surface area contributed by atoms with Crippen molar-refractivity contribution in [2.24, 2.45) is 0 Å². The molecule has 4 heteroatoms. The summed E-state index contributed by atoms with van der Waals surface area (Å²) in [5, 5.41) is 0.951. The fraction of sp³-hybridized carbons (Fsp3) is 0.0625. The number of rotatable bonds is 3. The van der Waals surface area contributed by atoms with Crippen molar-refractivity contribution in [3.63, 3.8) is 0 Å². The Balaban J connectivity index is 2.03. The number of halogens is 1. The zero-order valence-corrected chi connectivity index (χ0v) is 13.2. The third kappa shape index (κ3) is 2.41. The number of H-pyrrole nitrogens is 1. The van der Waals surface area contributed by atoms with E-state index in [-0.39, 0.29) is 5.78 Å². The molecule has 0 saturated carbocycles. The molecular weight excluding hydrogens is 334 g/mol. The average Bonchev–Trinajstić information content (AvgIpc) is 2.89. The Kier molecular flexibility index (Phi) is 3.68. The lowest BCUT2D eigenvalue weighted by Crippen LogP contribution is -1.99. The maximum absolute atomic E-state index is 12.6. The average molecular weight is 346 g/mol. The van der Waals surface area contributed by atoms with Gasteiger partial charge in [0.15, 0.2) is 5.78 Å². The van der Waals surface area contributed by atoms with E-state index < -0.39 is 0 Å². The van der Waals surface area contributed by atoms with Crippen LogP contribution in [0.3, 0.4) is 0 Å². The Hall–Kier alpha value is -1.52. The summed E-state index contributed by atoms with van der Waals surface area (Å²) in [6.07, 6.45) is 3.80. The Bertz CT molecular complexity index is 777. The largest absolute Gasteiger partial charge is 0.360 e. The summed E-state index contributed by atoms with van der Waals surface area (Å²) in [4.78, 5) is 16.9. The van der Waals surface area contributed by atoms with Crippen molar-refractivity contribution in [3.05, 3.63) is 64.3 Å². The highest BCUT2D eigenvalue weighted by Crippen LogP contribution is 2.25. The van der Waals surface area contributed by atoms with Crippen LogP contribution in [0.4, 0.5) is 0 Å². The molecule has 0 atom stereocenters. The molecule has 0 radical (unpaired) electrons. The molecular formula is C16H12BrNOS. The molecule has 0 saturated heterocycles. The summed E-state index contributed by atoms with van der Waals surface area (Å²) in [6.45, 7) is 0. The highest BCUT2D eigenvalue weighted by molar-refractivity contribution is 9.10. The molecule has 1 N–H and O–H groups in total. The number of hydrogen-bond acceptors (Lipinski definition) is 2. The minimum Gasteiger partial charge on any atom is -0.360 e. The van der Waals surface area contributed by atoms with Crippen molar-refractivity contribution in [1.82, 2.24) is 4.98 Å². The van der Waals surface area contributed by atoms with Crippen LogP contribution in [0, 0.1) is 0 Å². The monoisotopic (exact) mass is 345 g/mol. The summed E-state index contributed by atoms with van der Waals surface area (Å²) >= 11 is 5.10. The number of carbonyl (C=O) groups is 1. The van der Waals surface area contributed by atoms with Gasteiger partial charge in [0, 0.05) is 37.6 Å². The number of thioether (sulfide) groups is 1. The maximum Gasteiger partial charge on any atom is 0.195 e. The first kappa shape index (κ1) is 13.5. The van der Waals surface area contributed by atoms with E-state index >= 15 is 0 Å². The van der Waals surface area contributed by atoms with Crippen LogP contribution >= 0.6 is 27.7 Å². The van der Waals surface area contributed by atoms with E-state index in [1.807, 2.05) is 48.7 Å². The second-order valence-electron chi connectivity index (χ2n) is 4.45. The molecule has 0 aliphatic carbocycles. The predicted molar refractivity (Wildman–Crippen MR) is 87.7 cm³/mol. The van der Waals surface area contributed by atoms with Crippen LogP contribution in [0.1, 0.15) is 15.9 Å². The van der Waals surface area contributed by atoms with E-state index in [9.17, 15) is 4.79 Å². The Labute approximate surface area is 129 Å². The van der Waals surface area contributed by atoms with Crippen LogP contribution in [0.5, 0.6) is 0 Å². The molecule has 3 rings (SSSR count). The fourth-order valence-corrected chi connectivity index (χ4v) is 2.95. The number of carbonyl (C=O) groups excluding carboxylic acids is 1. The van der Waals surface area contributed by atoms with Crippen LogP contribution in [0.15, 0.2) is 58.0 Å². The lowest BCUT2D eigenvalue weighted by atomic mass is 10.0. The molecule has 0 bridgehead atoms. The first-order valence-electron chi connectivity index (χ1n) is 6.14. The van der Waals surface area contributed by atoms with E-state index in [2.05, 4.69) is 20.9 Å². The highest BCUT2D eigenvalue weighted by atomic mass is 79.9. The van der Waals surface area contributed by atoms with Gasteiger partial charge in [-0.25, -0.2) is 0 Å². The van der Waals surface area contributed by atoms with Crippen LogP contribution in [-0.2, 0) is 0 Å². The van der Waals surface area contributed by atoms with E-state index in [1.54, 1.807) is 18.0 Å². The Morgan fingerprint density at radius 2 is 1.90 bits per heavy atom. The summed E-state index contributed by atoms with van der Waals surface area (Å²) in [6, 6.07) is 13.6. The van der Waals surface area contributed by atoms with Gasteiger partial charge in [-0.2, -0.15) is 0 Å². The zero-order chi connectivity index (χ0) is 14.1. The van der Waals surface area contributed by atoms with Gasteiger partial charge in [-0.05, 0) is 42.7 Å². The van der Waals surface area contributed by atoms with Gasteiger partial charge in [0.05, 0.1) is 0 Å². The van der Waals surface area contributed by atoms with Crippen molar-refractivity contribution in [2.75, 3.05) is 6.26 Å². The van der Waals surface area contributed by atoms with Gasteiger partial charge < -0.3 is 4.98 Å². The first-order valence-corrected chi connectivity index (χ1v) is 8.16. The third-order valence-corrected chi connectivity index (χ3v) is 4.48. The van der Waals surface area contributed by atoms with Crippen molar-refractivity contribution in [2.45, 2.75) is 4.90 Å². The van der Waals surface area contributed by atoms with Gasteiger partial charge >= 0.3 is 0 Å². The molecule has 1 heterocycles. The molecule has 2 nitrogen and oxygen atoms in total. The third-order valence-electron chi connectivity index (χ3n) is 3.24. The lowest BCUT2D eigenvalue weighted by Gasteiger charge is -2.01. The molecule has 0 unspecified atom stereocenters. The van der Waals surface area contributed by atoms with Crippen molar-refractivity contribution >= 4 is 44.4 Å². The van der Waals surface area contributed by atoms with E-state index in [1.165, 1.54) is 0 Å². The quantitative estimate of drug-likeness (QED) is 0.541. The number of aromatic amines is 1. The minimum atomic E-state index is 0.0474. The number of benzene rings is 2. The normalized spacial score (nSPS) is 10.9. The molecule has 20 heavy (non-hydrogen) atoms. The number of fused-ring (bicyclic) bond motifs is 1. The predicted octanol–water partition coefficient (Wildman–Crippen LogP) is 4.88. The molecule has 0 aliphatic rings. The summed E-state index contributed by atoms with van der Waals surface area (Å²) < 4.78 is 0.996. The molecule has 100 valence electrons. The smallest absolute Gasteiger partial charge is 0.195 e. The van der Waals surface area contributed by atoms with Crippen molar-refractivity contribution in [3.8, 4) is 0 Å². The lowest BCUT2D eigenvalue weighted by molar-refractivity contribution is 0.104. The number of aromatic nitrogens is 1. The van der Waals surface area contributed by atoms with Crippen LogP contribution in [-0.4, -0.2) is 17.0 Å². The fourth-order valence-electron chi connectivity index (χ4n) is 2.18. The van der Waals surface area contributed by atoms with E-state index in [0.717, 1.165) is 20.3 Å². The van der Waals surface area contributed by atoms with Gasteiger partial charge in [-0.15, -0.1) is 11.8 Å². The number of ketones is 1. The van der Waals surface area contributed by atoms with Crippen molar-refractivity contribution < 1.29 is 4.79 Å². The van der Waals surface area contributed by atoms with E-state index in [0.29, 0.717) is 11.1 Å². The van der Waals surface area contributed by atoms with Gasteiger partial charge in [0.2, 0.25) is 0 Å². The molecule has 3 aromatic rings. The Morgan fingerprint density at radius 3 is 2.60 bits per heavy atom. The molecule has 1 aromatic heterocycles. The van der Waals surface area contributed by atoms with Crippen LogP contribution in [0.25, 0.3) is 10.9 Å². The topological polar surface area (TPSA) is 32.9 Å². The van der Waals surface area contributed by atoms with Crippen LogP contribution in [0.2, 0.25) is 0 Å². The first-order chi connectivity index (χ1) is 9.69. The molecule has 0 amide bonds. The summed E-state index contributed by atoms with van der Waals surface area (Å²) in [5.41, 5.74) is 2.39. The maximum atomic E-state index is 12.6. The molecule has 2 aromatic carbocycles. The van der Waals surface area contributed by atoms with Gasteiger partial charge in [-0.1, -0.05) is 22.0 Å². The number of nitrogens with one attached hydrogen (secondary N) is 1. The van der Waals surface area contributed by atoms with Gasteiger partial charge in [0.1, 0.15) is 0 Å². The molecule has 0 spiro atoms. The SMILES string of the molecule is CSc1ccc(C(=O)c2c[nH]c3cc(Br)ccc23)cc1. The van der Waals surface area contributed by atoms with Crippen LogP contribution < -0.4 is 0 Å². The molecule has 0 fully saturated rings. The summed E-state index contributed by atoms with van der Waals surface area (Å²) in [7, 11) is 0. The second-order valence-corrected chi connectivity index (χ2v) is 6.25. The Morgan fingerprint density at radius 1 is 1.15 bits per heavy atom. The highest BCUT2D eigenvalue weighted by Gasteiger charge is 2.14. The standard InChI is InChI=1S/C16H12BrNOS/c1-20-12-5-2-10(3-6-12)16(19)14-9-18-15-8-11(17)4-7-13(14)15/h2-9,18H,1H3. The number of hydrogen-bond donors (Lipinski definition) is 1. The van der Waals surface area contributed by atoms with Crippen molar-refractivity contribution in [1.29, 1.82) is 0 Å². The zero-order valence-electron chi connectivity index (χ0n) is 10.8. The van der Waals surface area contributed by atoms with E-state index in [4.69, 9.17) is 0 Å². The van der Waals surface area contributed by atoms with Gasteiger partial charge in [-0.3, -0.25) is 4.79 Å². The molecule has 0 aliphatic heterocycles. The summed E-state index contributed by atoms with van der Waals surface area (Å²) in [5.74, 6) is 0.0474. The minimum absolute atomic E-state index is 0.0474.